The van der Waals surface area contributed by atoms with Crippen molar-refractivity contribution in [2.75, 3.05) is 6.61 Å². The third-order valence-corrected chi connectivity index (χ3v) is 2.12. The summed E-state index contributed by atoms with van der Waals surface area (Å²) in [7, 11) is 0. The molecule has 4 heteroatoms. The highest BCUT2D eigenvalue weighted by molar-refractivity contribution is 6.19. The molecule has 0 bridgehead atoms. The first kappa shape index (κ1) is 8.66. The molecule has 1 aliphatic heterocycles. The molecule has 2 unspecified atom stereocenters. The lowest BCUT2D eigenvalue weighted by Crippen LogP contribution is -2.36. The summed E-state index contributed by atoms with van der Waals surface area (Å²) in [5, 5.41) is 9.06. The lowest BCUT2D eigenvalue weighted by atomic mass is 10.3. The molecule has 0 fully saturated rings. The van der Waals surface area contributed by atoms with Crippen molar-refractivity contribution in [3.8, 4) is 11.5 Å². The van der Waals surface area contributed by atoms with Crippen molar-refractivity contribution in [2.24, 2.45) is 0 Å². The minimum absolute atomic E-state index is 0.279. The van der Waals surface area contributed by atoms with Crippen LogP contribution in [-0.4, -0.2) is 23.4 Å². The van der Waals surface area contributed by atoms with Crippen LogP contribution in [0.5, 0.6) is 11.5 Å². The lowest BCUT2D eigenvalue weighted by molar-refractivity contribution is 0.0270. The van der Waals surface area contributed by atoms with Crippen LogP contribution in [0.4, 0.5) is 0 Å². The Kier molecular flexibility index (Phi) is 2.29. The molecule has 2 atom stereocenters. The summed E-state index contributed by atoms with van der Waals surface area (Å²) >= 11 is 5.47. The van der Waals surface area contributed by atoms with E-state index in [-0.39, 0.29) is 6.61 Å². The molecule has 1 N–H and O–H groups in total. The minimum atomic E-state index is -1.03. The highest BCUT2D eigenvalue weighted by Gasteiger charge is 2.25. The number of hydrogen-bond donors (Lipinski definition) is 1. The number of halogens is 1. The van der Waals surface area contributed by atoms with Crippen molar-refractivity contribution in [3.63, 3.8) is 0 Å². The first-order valence-corrected chi connectivity index (χ1v) is 4.41. The van der Waals surface area contributed by atoms with Gasteiger partial charge in [0.2, 0.25) is 0 Å². The maximum atomic E-state index is 9.06. The summed E-state index contributed by atoms with van der Waals surface area (Å²) in [4.78, 5) is 0. The smallest absolute Gasteiger partial charge is 0.172 e. The summed E-state index contributed by atoms with van der Waals surface area (Å²) in [5.74, 6) is 1.31. The number of rotatable bonds is 1. The Bertz CT molecular complexity index is 301. The van der Waals surface area contributed by atoms with Crippen LogP contribution in [0.2, 0.25) is 0 Å². The molecule has 0 aromatic heterocycles. The minimum Gasteiger partial charge on any atom is -0.486 e. The van der Waals surface area contributed by atoms with Crippen molar-refractivity contribution >= 4 is 11.6 Å². The summed E-state index contributed by atoms with van der Waals surface area (Å²) in [5.41, 5.74) is -1.03. The normalized spacial score (nSPS) is 22.5. The van der Waals surface area contributed by atoms with Gasteiger partial charge in [0.05, 0.1) is 0 Å². The van der Waals surface area contributed by atoms with Crippen LogP contribution in [0.3, 0.4) is 0 Å². The van der Waals surface area contributed by atoms with Gasteiger partial charge in [-0.2, -0.15) is 0 Å². The number of para-hydroxylation sites is 2. The highest BCUT2D eigenvalue weighted by atomic mass is 35.5. The Morgan fingerprint density at radius 1 is 1.38 bits per heavy atom. The summed E-state index contributed by atoms with van der Waals surface area (Å²) in [6.07, 6.45) is -0.489. The standard InChI is InChI=1S/C9H9ClO3/c10-9(11)8-5-12-6-3-1-2-4-7(6)13-8/h1-4,8-9,11H,5H2. The molecule has 1 aromatic rings. The van der Waals surface area contributed by atoms with Crippen LogP contribution < -0.4 is 9.47 Å². The SMILES string of the molecule is OC(Cl)C1COc2ccccc2O1. The molecule has 1 aromatic carbocycles. The van der Waals surface area contributed by atoms with Crippen LogP contribution in [0, 0.1) is 0 Å². The molecule has 1 aliphatic rings. The van der Waals surface area contributed by atoms with Crippen molar-refractivity contribution in [1.82, 2.24) is 0 Å². The molecule has 0 spiro atoms. The lowest BCUT2D eigenvalue weighted by Gasteiger charge is -2.26. The molecule has 2 rings (SSSR count). The third-order valence-electron chi connectivity index (χ3n) is 1.84. The van der Waals surface area contributed by atoms with E-state index in [1.807, 2.05) is 18.2 Å². The summed E-state index contributed by atoms with van der Waals surface area (Å²) in [6.45, 7) is 0.279. The zero-order valence-electron chi connectivity index (χ0n) is 6.81. The second kappa shape index (κ2) is 3.44. The summed E-state index contributed by atoms with van der Waals surface area (Å²) in [6, 6.07) is 7.29. The van der Waals surface area contributed by atoms with E-state index in [1.54, 1.807) is 6.07 Å². The molecule has 70 valence electrons. The van der Waals surface area contributed by atoms with E-state index in [1.165, 1.54) is 0 Å². The molecule has 0 amide bonds. The number of hydrogen-bond acceptors (Lipinski definition) is 3. The fourth-order valence-electron chi connectivity index (χ4n) is 1.17. The topological polar surface area (TPSA) is 38.7 Å². The number of aliphatic hydroxyl groups excluding tert-OH is 1. The second-order valence-corrected chi connectivity index (χ2v) is 3.23. The monoisotopic (exact) mass is 200 g/mol. The Balaban J connectivity index is 2.20. The molecule has 13 heavy (non-hydrogen) atoms. The predicted octanol–water partition coefficient (Wildman–Crippen LogP) is 1.38. The number of aliphatic hydroxyl groups is 1. The van der Waals surface area contributed by atoms with Crippen molar-refractivity contribution in [2.45, 2.75) is 11.7 Å². The van der Waals surface area contributed by atoms with Gasteiger partial charge in [0.1, 0.15) is 6.61 Å². The molecule has 0 saturated heterocycles. The average Bonchev–Trinajstić information content (AvgIpc) is 2.17. The van der Waals surface area contributed by atoms with Crippen LogP contribution in [0.15, 0.2) is 24.3 Å². The van der Waals surface area contributed by atoms with Gasteiger partial charge in [0.25, 0.3) is 0 Å². The zero-order chi connectivity index (χ0) is 9.26. The Labute approximate surface area is 80.8 Å². The van der Waals surface area contributed by atoms with E-state index in [0.717, 1.165) is 0 Å². The quantitative estimate of drug-likeness (QED) is 0.697. The van der Waals surface area contributed by atoms with Gasteiger partial charge in [-0.3, -0.25) is 0 Å². The maximum Gasteiger partial charge on any atom is 0.172 e. The number of ether oxygens (including phenoxy) is 2. The maximum absolute atomic E-state index is 9.06. The van der Waals surface area contributed by atoms with Crippen LogP contribution in [0.25, 0.3) is 0 Å². The van der Waals surface area contributed by atoms with Gasteiger partial charge >= 0.3 is 0 Å². The van der Waals surface area contributed by atoms with Gasteiger partial charge in [0, 0.05) is 0 Å². The number of alkyl halides is 1. The highest BCUT2D eigenvalue weighted by Crippen LogP contribution is 2.31. The van der Waals surface area contributed by atoms with E-state index >= 15 is 0 Å². The summed E-state index contributed by atoms with van der Waals surface area (Å²) < 4.78 is 10.7. The molecule has 3 nitrogen and oxygen atoms in total. The van der Waals surface area contributed by atoms with Crippen molar-refractivity contribution in [3.05, 3.63) is 24.3 Å². The zero-order valence-corrected chi connectivity index (χ0v) is 7.57. The van der Waals surface area contributed by atoms with E-state index in [2.05, 4.69) is 0 Å². The second-order valence-electron chi connectivity index (χ2n) is 2.79. The van der Waals surface area contributed by atoms with E-state index < -0.39 is 11.7 Å². The number of benzene rings is 1. The molecule has 0 radical (unpaired) electrons. The Morgan fingerprint density at radius 2 is 2.08 bits per heavy atom. The fourth-order valence-corrected chi connectivity index (χ4v) is 1.30. The number of fused-ring (bicyclic) bond motifs is 1. The van der Waals surface area contributed by atoms with Gasteiger partial charge in [-0.05, 0) is 12.1 Å². The Hall–Kier alpha value is -0.930. The van der Waals surface area contributed by atoms with Gasteiger partial charge in [-0.15, -0.1) is 0 Å². The molecule has 0 aliphatic carbocycles. The van der Waals surface area contributed by atoms with E-state index in [0.29, 0.717) is 11.5 Å². The van der Waals surface area contributed by atoms with Gasteiger partial charge in [-0.25, -0.2) is 0 Å². The van der Waals surface area contributed by atoms with Gasteiger partial charge in [-0.1, -0.05) is 23.7 Å². The van der Waals surface area contributed by atoms with Gasteiger partial charge in [0.15, 0.2) is 23.2 Å². The molecular formula is C9H9ClO3. The molecular weight excluding hydrogens is 192 g/mol. The van der Waals surface area contributed by atoms with Crippen molar-refractivity contribution in [1.29, 1.82) is 0 Å². The average molecular weight is 201 g/mol. The van der Waals surface area contributed by atoms with Crippen LogP contribution in [0.1, 0.15) is 0 Å². The molecule has 0 saturated carbocycles. The fraction of sp³-hybridized carbons (Fsp3) is 0.333. The molecule has 1 heterocycles. The first-order valence-electron chi connectivity index (χ1n) is 3.98. The Morgan fingerprint density at radius 3 is 2.77 bits per heavy atom. The van der Waals surface area contributed by atoms with E-state index in [9.17, 15) is 0 Å². The largest absolute Gasteiger partial charge is 0.486 e. The predicted molar refractivity (Wildman–Crippen MR) is 48.2 cm³/mol. The first-order chi connectivity index (χ1) is 6.27. The third kappa shape index (κ3) is 1.71. The van der Waals surface area contributed by atoms with Gasteiger partial charge < -0.3 is 14.6 Å². The van der Waals surface area contributed by atoms with Crippen LogP contribution in [-0.2, 0) is 0 Å². The van der Waals surface area contributed by atoms with Crippen molar-refractivity contribution < 1.29 is 14.6 Å². The van der Waals surface area contributed by atoms with Crippen LogP contribution >= 0.6 is 11.6 Å². The van der Waals surface area contributed by atoms with E-state index in [4.69, 9.17) is 26.2 Å².